The van der Waals surface area contributed by atoms with Crippen molar-refractivity contribution in [1.82, 2.24) is 15.1 Å². The Morgan fingerprint density at radius 2 is 1.58 bits per heavy atom. The summed E-state index contributed by atoms with van der Waals surface area (Å²) in [5.74, 6) is -1.30. The van der Waals surface area contributed by atoms with E-state index in [0.717, 1.165) is 57.7 Å². The first kappa shape index (κ1) is 46.0. The fourth-order valence-electron chi connectivity index (χ4n) is 11.8. The summed E-state index contributed by atoms with van der Waals surface area (Å²) in [5.41, 5.74) is 5.10. The number of esters is 1. The fourth-order valence-corrected chi connectivity index (χ4v) is 11.8. The number of unbranched alkanes of at least 4 members (excludes halogenated alkanes) is 3. The highest BCUT2D eigenvalue weighted by Gasteiger charge is 2.67. The summed E-state index contributed by atoms with van der Waals surface area (Å²) < 4.78 is 37.9. The average molecular weight is 841 g/mol. The Bertz CT molecular complexity index is 1770. The third-order valence-corrected chi connectivity index (χ3v) is 14.9. The summed E-state index contributed by atoms with van der Waals surface area (Å²) >= 11 is 0. The van der Waals surface area contributed by atoms with Crippen molar-refractivity contribution in [2.45, 2.75) is 122 Å². The lowest BCUT2D eigenvalue weighted by Crippen LogP contribution is -2.57. The van der Waals surface area contributed by atoms with Crippen molar-refractivity contribution < 1.29 is 42.2 Å². The highest BCUT2D eigenvalue weighted by Crippen LogP contribution is 2.67. The van der Waals surface area contributed by atoms with Crippen molar-refractivity contribution >= 4 is 29.2 Å². The second-order valence-corrected chi connectivity index (χ2v) is 18.6. The number of allylic oxidation sites excluding steroid dienone is 4. The third kappa shape index (κ3) is 10.4. The first-order valence-electron chi connectivity index (χ1n) is 22.5. The minimum atomic E-state index is -5.08. The predicted octanol–water partition coefficient (Wildman–Crippen LogP) is 7.72. The molecule has 10 nitrogen and oxygen atoms in total. The molecule has 2 N–H and O–H groups in total. The van der Waals surface area contributed by atoms with Gasteiger partial charge in [0.1, 0.15) is 0 Å². The number of ketones is 2. The minimum absolute atomic E-state index is 0.0225. The molecule has 0 amide bonds. The number of piperazine rings is 1. The Kier molecular flexibility index (Phi) is 15.1. The number of likely N-dealkylation sites (tertiary alicyclic amines) is 1. The van der Waals surface area contributed by atoms with Gasteiger partial charge in [-0.2, -0.15) is 13.2 Å². The van der Waals surface area contributed by atoms with Crippen LogP contribution in [-0.2, 0) is 23.9 Å². The summed E-state index contributed by atoms with van der Waals surface area (Å²) in [5, 5.41) is 10.6. The number of halogens is 3. The highest BCUT2D eigenvalue weighted by atomic mass is 19.4. The molecular formula is C47H67F3N4O6. The van der Waals surface area contributed by atoms with Crippen LogP contribution in [-0.4, -0.2) is 116 Å². The zero-order valence-corrected chi connectivity index (χ0v) is 36.2. The summed E-state index contributed by atoms with van der Waals surface area (Å²) in [7, 11) is 2.21. The third-order valence-electron chi connectivity index (χ3n) is 14.9. The van der Waals surface area contributed by atoms with E-state index in [4.69, 9.17) is 14.6 Å². The number of hydrogen-bond acceptors (Lipinski definition) is 9. The largest absolute Gasteiger partial charge is 0.490 e. The number of carboxylic acid groups (broad SMARTS) is 1. The normalized spacial score (nSPS) is 28.8. The topological polar surface area (TPSA) is 119 Å². The number of nitrogens with zero attached hydrogens (tertiary/aromatic N) is 3. The standard InChI is InChI=1S/C45H66N4O4.C2HF3O2/c1-32(50)45(53-33(2)51)20-17-42-40-15-11-36-29-38(52)14-16-39(36)43(40)41(30-44(42,45)3)35-9-12-37(13-10-35)47(4)23-7-5-6-8-24-48-25-18-34(19-26-48)31-49-27-21-46-22-28-49;3-2(4,5)1(6)7/h9-10,12-13,29,34,40-42,46H,5-8,11,14-28,30-31H2,1-4H3;(H,6,7)/t40-,41+,42-,44-,45-;/m0./s1. The Balaban J connectivity index is 0.000000793. The SMILES string of the molecule is CC(=O)O[C@]1(C(C)=O)CC[C@H]2[C@@H]3CCC4=CC(=O)CCC4=C3[C@@H](c3ccc(N(C)CCCCCCN4CCC(CN5CCNCC5)CC4)cc3)C[C@@]21C.O=C(O)C(F)(F)F. The smallest absolute Gasteiger partial charge is 0.475 e. The van der Waals surface area contributed by atoms with E-state index < -0.39 is 23.2 Å². The van der Waals surface area contributed by atoms with Crippen LogP contribution in [0.15, 0.2) is 47.1 Å². The van der Waals surface area contributed by atoms with Gasteiger partial charge in [0.15, 0.2) is 17.2 Å². The van der Waals surface area contributed by atoms with Gasteiger partial charge < -0.3 is 29.9 Å². The molecule has 0 aromatic heterocycles. The molecule has 60 heavy (non-hydrogen) atoms. The van der Waals surface area contributed by atoms with Gasteiger partial charge in [0, 0.05) is 76.7 Å². The molecule has 332 valence electrons. The number of hydrogen-bond donors (Lipinski definition) is 2. The number of alkyl halides is 3. The van der Waals surface area contributed by atoms with E-state index >= 15 is 0 Å². The van der Waals surface area contributed by atoms with E-state index in [1.807, 2.05) is 6.08 Å². The molecule has 2 aliphatic heterocycles. The van der Waals surface area contributed by atoms with Crippen molar-refractivity contribution in [1.29, 1.82) is 0 Å². The maximum absolute atomic E-state index is 13.5. The maximum Gasteiger partial charge on any atom is 0.490 e. The average Bonchev–Trinajstić information content (AvgIpc) is 3.51. The Labute approximate surface area is 354 Å². The number of aliphatic carboxylic acids is 1. The second kappa shape index (κ2) is 19.7. The molecule has 5 atom stereocenters. The van der Waals surface area contributed by atoms with Gasteiger partial charge in [-0.25, -0.2) is 4.79 Å². The van der Waals surface area contributed by atoms with Crippen LogP contribution >= 0.6 is 0 Å². The lowest BCUT2D eigenvalue weighted by molar-refractivity contribution is -0.192. The number of carbonyl (C=O) groups excluding carboxylic acids is 3. The monoisotopic (exact) mass is 841 g/mol. The number of fused-ring (bicyclic) bond motifs is 4. The molecule has 6 aliphatic rings. The summed E-state index contributed by atoms with van der Waals surface area (Å²) in [4.78, 5) is 55.1. The molecule has 0 spiro atoms. The van der Waals surface area contributed by atoms with Crippen molar-refractivity contribution in [2.24, 2.45) is 23.2 Å². The maximum atomic E-state index is 13.5. The predicted molar refractivity (Wildman–Crippen MR) is 226 cm³/mol. The van der Waals surface area contributed by atoms with E-state index in [-0.39, 0.29) is 29.4 Å². The first-order chi connectivity index (χ1) is 28.5. The van der Waals surface area contributed by atoms with Gasteiger partial charge in [-0.3, -0.25) is 14.4 Å². The van der Waals surface area contributed by atoms with Gasteiger partial charge in [0.25, 0.3) is 0 Å². The van der Waals surface area contributed by atoms with E-state index in [2.05, 4.69) is 58.3 Å². The number of ether oxygens (including phenoxy) is 1. The molecule has 2 heterocycles. The number of rotatable bonds is 13. The lowest BCUT2D eigenvalue weighted by Gasteiger charge is -2.55. The molecule has 4 fully saturated rings. The van der Waals surface area contributed by atoms with Crippen molar-refractivity contribution in [3.8, 4) is 0 Å². The molecule has 0 unspecified atom stereocenters. The van der Waals surface area contributed by atoms with E-state index in [1.165, 1.54) is 113 Å². The quantitative estimate of drug-likeness (QED) is 0.151. The van der Waals surface area contributed by atoms with E-state index in [0.29, 0.717) is 18.8 Å². The van der Waals surface area contributed by atoms with Gasteiger partial charge >= 0.3 is 18.1 Å². The molecule has 0 radical (unpaired) electrons. The lowest BCUT2D eigenvalue weighted by atomic mass is 9.50. The summed E-state index contributed by atoms with van der Waals surface area (Å²) in [6, 6.07) is 9.16. The number of carbonyl (C=O) groups is 4. The van der Waals surface area contributed by atoms with E-state index in [1.54, 1.807) is 6.92 Å². The Morgan fingerprint density at radius 3 is 2.22 bits per heavy atom. The molecule has 13 heteroatoms. The van der Waals surface area contributed by atoms with Crippen LogP contribution in [0.5, 0.6) is 0 Å². The number of benzene rings is 1. The summed E-state index contributed by atoms with van der Waals surface area (Å²) in [6.45, 7) is 16.2. The molecule has 2 saturated carbocycles. The Hall–Kier alpha value is -3.55. The molecule has 1 aromatic carbocycles. The molecule has 7 rings (SSSR count). The van der Waals surface area contributed by atoms with Crippen molar-refractivity contribution in [2.75, 3.05) is 70.9 Å². The van der Waals surface area contributed by atoms with Crippen LogP contribution in [0.25, 0.3) is 0 Å². The molecular weight excluding hydrogens is 774 g/mol. The second-order valence-electron chi connectivity index (χ2n) is 18.6. The number of Topliss-reactive ketones (excluding diaryl/α,β-unsaturated/α-hetero) is 1. The first-order valence-corrected chi connectivity index (χ1v) is 22.5. The molecule has 1 aromatic rings. The van der Waals surface area contributed by atoms with Crippen LogP contribution in [0.4, 0.5) is 18.9 Å². The van der Waals surface area contributed by atoms with Crippen molar-refractivity contribution in [3.63, 3.8) is 0 Å². The van der Waals surface area contributed by atoms with Crippen LogP contribution in [0.1, 0.15) is 116 Å². The van der Waals surface area contributed by atoms with Crippen LogP contribution in [0.3, 0.4) is 0 Å². The zero-order chi connectivity index (χ0) is 43.2. The number of piperidine rings is 1. The molecule has 2 saturated heterocycles. The number of carboxylic acids is 1. The van der Waals surface area contributed by atoms with Crippen LogP contribution in [0.2, 0.25) is 0 Å². The number of nitrogens with one attached hydrogen (secondary N) is 1. The highest BCUT2D eigenvalue weighted by molar-refractivity contribution is 5.93. The van der Waals surface area contributed by atoms with Crippen LogP contribution in [0, 0.1) is 23.2 Å². The molecule has 4 aliphatic carbocycles. The van der Waals surface area contributed by atoms with E-state index in [9.17, 15) is 27.6 Å². The van der Waals surface area contributed by atoms with Crippen LogP contribution < -0.4 is 10.2 Å². The van der Waals surface area contributed by atoms with Gasteiger partial charge in [-0.1, -0.05) is 37.5 Å². The van der Waals surface area contributed by atoms with Gasteiger partial charge in [0.2, 0.25) is 0 Å². The summed E-state index contributed by atoms with van der Waals surface area (Å²) in [6.07, 6.45) is 10.1. The van der Waals surface area contributed by atoms with Gasteiger partial charge in [-0.15, -0.1) is 0 Å². The Morgan fingerprint density at radius 1 is 0.917 bits per heavy atom. The molecule has 0 bridgehead atoms. The van der Waals surface area contributed by atoms with Crippen molar-refractivity contribution in [3.05, 3.63) is 52.6 Å². The fraction of sp³-hybridized carbons (Fsp3) is 0.702. The zero-order valence-electron chi connectivity index (χ0n) is 36.2. The minimum Gasteiger partial charge on any atom is -0.475 e. The van der Waals surface area contributed by atoms with Gasteiger partial charge in [0.05, 0.1) is 0 Å². The van der Waals surface area contributed by atoms with Gasteiger partial charge in [-0.05, 0) is 143 Å². The number of anilines is 1.